The number of hydrogen-bond donors (Lipinski definition) is 1. The van der Waals surface area contributed by atoms with Gasteiger partial charge in [0.2, 0.25) is 5.91 Å². The molecule has 4 nitrogen and oxygen atoms in total. The van der Waals surface area contributed by atoms with Crippen LogP contribution < -0.4 is 5.73 Å². The Kier molecular flexibility index (Phi) is 4.51. The second-order valence-corrected chi connectivity index (χ2v) is 6.96. The van der Waals surface area contributed by atoms with Crippen molar-refractivity contribution in [2.45, 2.75) is 44.6 Å². The molecule has 1 heterocycles. The van der Waals surface area contributed by atoms with E-state index in [1.807, 2.05) is 11.9 Å². The zero-order chi connectivity index (χ0) is 14.0. The maximum Gasteiger partial charge on any atom is 0.242 e. The Labute approximate surface area is 117 Å². The summed E-state index contributed by atoms with van der Waals surface area (Å²) in [5, 5.41) is 0. The lowest BCUT2D eigenvalue weighted by Gasteiger charge is -2.38. The van der Waals surface area contributed by atoms with E-state index in [2.05, 4.69) is 18.9 Å². The number of carbonyl (C=O) groups excluding carboxylic acids is 1. The summed E-state index contributed by atoms with van der Waals surface area (Å²) >= 11 is 0. The Morgan fingerprint density at radius 1 is 1.47 bits per heavy atom. The van der Waals surface area contributed by atoms with Gasteiger partial charge < -0.3 is 15.5 Å². The predicted octanol–water partition coefficient (Wildman–Crippen LogP) is 1.30. The molecule has 2 rings (SSSR count). The summed E-state index contributed by atoms with van der Waals surface area (Å²) in [4.78, 5) is 16.8. The molecule has 0 spiro atoms. The zero-order valence-electron chi connectivity index (χ0n) is 12.7. The lowest BCUT2D eigenvalue weighted by Crippen LogP contribution is -2.57. The smallest absolute Gasteiger partial charge is 0.242 e. The van der Waals surface area contributed by atoms with Crippen LogP contribution in [-0.2, 0) is 4.79 Å². The average molecular weight is 267 g/mol. The van der Waals surface area contributed by atoms with Gasteiger partial charge in [-0.05, 0) is 44.7 Å². The van der Waals surface area contributed by atoms with Gasteiger partial charge in [0.1, 0.15) is 0 Å². The minimum absolute atomic E-state index is 0.161. The van der Waals surface area contributed by atoms with E-state index in [0.29, 0.717) is 11.8 Å². The first kappa shape index (κ1) is 14.8. The largest absolute Gasteiger partial charge is 0.344 e. The lowest BCUT2D eigenvalue weighted by molar-refractivity contribution is -0.138. The van der Waals surface area contributed by atoms with Crippen LogP contribution in [0.5, 0.6) is 0 Å². The molecule has 1 aliphatic heterocycles. The van der Waals surface area contributed by atoms with E-state index in [9.17, 15) is 4.79 Å². The Hall–Kier alpha value is -0.610. The van der Waals surface area contributed by atoms with E-state index in [4.69, 9.17) is 5.73 Å². The van der Waals surface area contributed by atoms with Crippen LogP contribution in [-0.4, -0.2) is 55.0 Å². The molecule has 2 aliphatic rings. The van der Waals surface area contributed by atoms with Crippen LogP contribution in [0.15, 0.2) is 0 Å². The molecule has 1 amide bonds. The molecule has 0 aromatic heterocycles. The van der Waals surface area contributed by atoms with Crippen molar-refractivity contribution in [3.8, 4) is 0 Å². The molecule has 2 N–H and O–H groups in total. The van der Waals surface area contributed by atoms with E-state index < -0.39 is 5.54 Å². The molecule has 0 bridgehead atoms. The van der Waals surface area contributed by atoms with Crippen molar-refractivity contribution < 1.29 is 4.79 Å². The van der Waals surface area contributed by atoms with Gasteiger partial charge in [-0.25, -0.2) is 0 Å². The molecule has 0 radical (unpaired) electrons. The molecule has 1 aliphatic carbocycles. The van der Waals surface area contributed by atoms with E-state index in [1.165, 1.54) is 12.8 Å². The first-order chi connectivity index (χ1) is 8.90. The van der Waals surface area contributed by atoms with E-state index >= 15 is 0 Å². The number of nitrogens with two attached hydrogens (primary N) is 1. The predicted molar refractivity (Wildman–Crippen MR) is 77.8 cm³/mol. The Bertz CT molecular complexity index is 333. The number of amides is 1. The van der Waals surface area contributed by atoms with E-state index in [0.717, 1.165) is 38.9 Å². The van der Waals surface area contributed by atoms with Crippen LogP contribution in [0, 0.1) is 11.8 Å². The third kappa shape index (κ3) is 3.48. The molecular weight excluding hydrogens is 238 g/mol. The maximum atomic E-state index is 12.6. The molecular formula is C15H29N3O. The number of nitrogens with zero attached hydrogens (tertiary/aromatic N) is 2. The summed E-state index contributed by atoms with van der Waals surface area (Å²) < 4.78 is 0. The normalized spacial score (nSPS) is 36.4. The minimum Gasteiger partial charge on any atom is -0.344 e. The van der Waals surface area contributed by atoms with Crippen molar-refractivity contribution in [3.05, 3.63) is 0 Å². The molecule has 3 unspecified atom stereocenters. The van der Waals surface area contributed by atoms with Crippen LogP contribution in [0.25, 0.3) is 0 Å². The SMILES string of the molecule is CC1CCCC(N)(C(=O)N(C)CC2CCN(C)C2)C1. The van der Waals surface area contributed by atoms with Gasteiger partial charge in [0, 0.05) is 20.1 Å². The highest BCUT2D eigenvalue weighted by atomic mass is 16.2. The van der Waals surface area contributed by atoms with Crippen molar-refractivity contribution >= 4 is 5.91 Å². The monoisotopic (exact) mass is 267 g/mol. The standard InChI is InChI=1S/C15H29N3O/c1-12-5-4-7-15(16,9-12)14(19)18(3)11-13-6-8-17(2)10-13/h12-13H,4-11,16H2,1-3H3. The summed E-state index contributed by atoms with van der Waals surface area (Å²) in [5.41, 5.74) is 5.79. The summed E-state index contributed by atoms with van der Waals surface area (Å²) in [7, 11) is 4.07. The fraction of sp³-hybridized carbons (Fsp3) is 0.933. The second-order valence-electron chi connectivity index (χ2n) is 6.96. The number of hydrogen-bond acceptors (Lipinski definition) is 3. The zero-order valence-corrected chi connectivity index (χ0v) is 12.7. The fourth-order valence-electron chi connectivity index (χ4n) is 3.81. The molecule has 110 valence electrons. The molecule has 0 aromatic rings. The number of likely N-dealkylation sites (tertiary alicyclic amines) is 1. The molecule has 1 saturated carbocycles. The van der Waals surface area contributed by atoms with Crippen molar-refractivity contribution in [1.82, 2.24) is 9.80 Å². The maximum absolute atomic E-state index is 12.6. The lowest BCUT2D eigenvalue weighted by atomic mass is 9.76. The fourth-order valence-corrected chi connectivity index (χ4v) is 3.81. The van der Waals surface area contributed by atoms with Crippen LogP contribution >= 0.6 is 0 Å². The summed E-state index contributed by atoms with van der Waals surface area (Å²) in [6.45, 7) is 5.32. The van der Waals surface area contributed by atoms with Crippen molar-refractivity contribution in [2.24, 2.45) is 17.6 Å². The summed E-state index contributed by atoms with van der Waals surface area (Å²) in [5.74, 6) is 1.35. The average Bonchev–Trinajstić information content (AvgIpc) is 2.73. The third-order valence-corrected chi connectivity index (χ3v) is 4.83. The number of rotatable bonds is 3. The van der Waals surface area contributed by atoms with E-state index in [1.54, 1.807) is 0 Å². The topological polar surface area (TPSA) is 49.6 Å². The molecule has 1 saturated heterocycles. The van der Waals surface area contributed by atoms with Crippen molar-refractivity contribution in [2.75, 3.05) is 33.7 Å². The van der Waals surface area contributed by atoms with Crippen LogP contribution in [0.1, 0.15) is 39.0 Å². The Morgan fingerprint density at radius 3 is 2.79 bits per heavy atom. The minimum atomic E-state index is -0.600. The van der Waals surface area contributed by atoms with Crippen LogP contribution in [0.4, 0.5) is 0 Å². The van der Waals surface area contributed by atoms with Gasteiger partial charge >= 0.3 is 0 Å². The summed E-state index contributed by atoms with van der Waals surface area (Å²) in [6.07, 6.45) is 5.20. The second kappa shape index (κ2) is 5.80. The first-order valence-corrected chi connectivity index (χ1v) is 7.64. The van der Waals surface area contributed by atoms with Crippen molar-refractivity contribution in [1.29, 1.82) is 0 Å². The van der Waals surface area contributed by atoms with Gasteiger partial charge in [0.15, 0.2) is 0 Å². The quantitative estimate of drug-likeness (QED) is 0.838. The highest BCUT2D eigenvalue weighted by Crippen LogP contribution is 2.32. The van der Waals surface area contributed by atoms with Crippen LogP contribution in [0.2, 0.25) is 0 Å². The van der Waals surface area contributed by atoms with Gasteiger partial charge in [-0.2, -0.15) is 0 Å². The van der Waals surface area contributed by atoms with E-state index in [-0.39, 0.29) is 5.91 Å². The number of carbonyl (C=O) groups is 1. The first-order valence-electron chi connectivity index (χ1n) is 7.64. The Morgan fingerprint density at radius 2 is 2.21 bits per heavy atom. The van der Waals surface area contributed by atoms with Gasteiger partial charge in [0.25, 0.3) is 0 Å². The Balaban J connectivity index is 1.90. The third-order valence-electron chi connectivity index (χ3n) is 4.83. The molecule has 19 heavy (non-hydrogen) atoms. The summed E-state index contributed by atoms with van der Waals surface area (Å²) in [6, 6.07) is 0. The van der Waals surface area contributed by atoms with Gasteiger partial charge in [0.05, 0.1) is 5.54 Å². The van der Waals surface area contributed by atoms with Gasteiger partial charge in [-0.15, -0.1) is 0 Å². The highest BCUT2D eigenvalue weighted by Gasteiger charge is 2.40. The van der Waals surface area contributed by atoms with Gasteiger partial charge in [-0.3, -0.25) is 4.79 Å². The number of likely N-dealkylation sites (N-methyl/N-ethyl adjacent to an activating group) is 1. The molecule has 4 heteroatoms. The van der Waals surface area contributed by atoms with Crippen molar-refractivity contribution in [3.63, 3.8) is 0 Å². The molecule has 3 atom stereocenters. The highest BCUT2D eigenvalue weighted by molar-refractivity contribution is 5.86. The molecule has 0 aromatic carbocycles. The van der Waals surface area contributed by atoms with Gasteiger partial charge in [-0.1, -0.05) is 19.8 Å². The van der Waals surface area contributed by atoms with Crippen LogP contribution in [0.3, 0.4) is 0 Å². The molecule has 2 fully saturated rings.